The molecule has 0 aliphatic carbocycles. The van der Waals surface area contributed by atoms with Crippen LogP contribution < -0.4 is 5.73 Å². The van der Waals surface area contributed by atoms with E-state index in [1.165, 1.54) is 0 Å². The molecule has 0 aliphatic rings. The predicted octanol–water partition coefficient (Wildman–Crippen LogP) is 3.54. The SMILES string of the molecule is CC(C)(C)CC(N)c1cc(F)c(F)cc1F. The van der Waals surface area contributed by atoms with Gasteiger partial charge in [0.2, 0.25) is 0 Å². The lowest BCUT2D eigenvalue weighted by Crippen LogP contribution is -2.20. The second kappa shape index (κ2) is 4.45. The molecule has 0 saturated carbocycles. The normalized spacial score (nSPS) is 13.9. The molecule has 0 aliphatic heterocycles. The molecule has 1 aromatic carbocycles. The molecule has 16 heavy (non-hydrogen) atoms. The summed E-state index contributed by atoms with van der Waals surface area (Å²) in [5, 5.41) is 0. The van der Waals surface area contributed by atoms with Crippen LogP contribution in [0.25, 0.3) is 0 Å². The van der Waals surface area contributed by atoms with Gasteiger partial charge in [0.25, 0.3) is 0 Å². The molecule has 1 aromatic rings. The molecule has 1 rings (SSSR count). The summed E-state index contributed by atoms with van der Waals surface area (Å²) in [5.74, 6) is -3.05. The molecule has 0 radical (unpaired) electrons. The fourth-order valence-electron chi connectivity index (χ4n) is 1.59. The summed E-state index contributed by atoms with van der Waals surface area (Å²) in [5.41, 5.74) is 5.69. The Morgan fingerprint density at radius 3 is 2.06 bits per heavy atom. The average Bonchev–Trinajstić information content (AvgIpc) is 2.08. The Bertz CT molecular complexity index is 383. The molecule has 0 fully saturated rings. The number of hydrogen-bond acceptors (Lipinski definition) is 1. The monoisotopic (exact) mass is 231 g/mol. The third kappa shape index (κ3) is 3.23. The van der Waals surface area contributed by atoms with Gasteiger partial charge in [-0.2, -0.15) is 0 Å². The predicted molar refractivity (Wildman–Crippen MR) is 57.3 cm³/mol. The van der Waals surface area contributed by atoms with Crippen molar-refractivity contribution in [1.29, 1.82) is 0 Å². The Balaban J connectivity index is 3.00. The molecule has 2 N–H and O–H groups in total. The Kier molecular flexibility index (Phi) is 3.63. The van der Waals surface area contributed by atoms with Crippen LogP contribution in [-0.4, -0.2) is 0 Å². The van der Waals surface area contributed by atoms with E-state index in [0.717, 1.165) is 6.07 Å². The Labute approximate surface area is 93.5 Å². The summed E-state index contributed by atoms with van der Waals surface area (Å²) in [6.45, 7) is 5.85. The lowest BCUT2D eigenvalue weighted by atomic mass is 9.86. The van der Waals surface area contributed by atoms with Gasteiger partial charge in [-0.25, -0.2) is 13.2 Å². The van der Waals surface area contributed by atoms with Crippen molar-refractivity contribution >= 4 is 0 Å². The molecular weight excluding hydrogens is 215 g/mol. The van der Waals surface area contributed by atoms with Gasteiger partial charge in [0.05, 0.1) is 0 Å². The topological polar surface area (TPSA) is 26.0 Å². The van der Waals surface area contributed by atoms with Crippen LogP contribution in [0.15, 0.2) is 12.1 Å². The van der Waals surface area contributed by atoms with Crippen molar-refractivity contribution < 1.29 is 13.2 Å². The molecule has 1 atom stereocenters. The quantitative estimate of drug-likeness (QED) is 0.774. The van der Waals surface area contributed by atoms with E-state index in [0.29, 0.717) is 12.5 Å². The molecule has 90 valence electrons. The summed E-state index contributed by atoms with van der Waals surface area (Å²) < 4.78 is 39.0. The van der Waals surface area contributed by atoms with Crippen LogP contribution in [0.4, 0.5) is 13.2 Å². The fraction of sp³-hybridized carbons (Fsp3) is 0.500. The summed E-state index contributed by atoms with van der Waals surface area (Å²) >= 11 is 0. The zero-order valence-electron chi connectivity index (χ0n) is 9.65. The van der Waals surface area contributed by atoms with Crippen LogP contribution in [0.3, 0.4) is 0 Å². The molecule has 0 amide bonds. The second-order valence-corrected chi connectivity index (χ2v) is 5.16. The highest BCUT2D eigenvalue weighted by Crippen LogP contribution is 2.29. The first-order valence-electron chi connectivity index (χ1n) is 5.11. The zero-order valence-corrected chi connectivity index (χ0v) is 9.65. The molecule has 0 aromatic heterocycles. The highest BCUT2D eigenvalue weighted by molar-refractivity contribution is 5.23. The van der Waals surface area contributed by atoms with Crippen molar-refractivity contribution in [1.82, 2.24) is 0 Å². The minimum absolute atomic E-state index is 0.0221. The van der Waals surface area contributed by atoms with Crippen molar-refractivity contribution in [2.45, 2.75) is 33.2 Å². The molecule has 4 heteroatoms. The molecule has 0 spiro atoms. The van der Waals surface area contributed by atoms with Gasteiger partial charge in [-0.05, 0) is 17.9 Å². The van der Waals surface area contributed by atoms with Gasteiger partial charge in [0.1, 0.15) is 5.82 Å². The van der Waals surface area contributed by atoms with E-state index in [4.69, 9.17) is 5.73 Å². The maximum atomic E-state index is 13.4. The Morgan fingerprint density at radius 1 is 1.06 bits per heavy atom. The number of hydrogen-bond donors (Lipinski definition) is 1. The molecule has 1 nitrogen and oxygen atoms in total. The van der Waals surface area contributed by atoms with Crippen LogP contribution >= 0.6 is 0 Å². The highest BCUT2D eigenvalue weighted by Gasteiger charge is 2.21. The van der Waals surface area contributed by atoms with E-state index in [2.05, 4.69) is 0 Å². The van der Waals surface area contributed by atoms with Gasteiger partial charge in [-0.15, -0.1) is 0 Å². The molecular formula is C12H16F3N. The van der Waals surface area contributed by atoms with E-state index >= 15 is 0 Å². The number of rotatable bonds is 2. The van der Waals surface area contributed by atoms with Crippen molar-refractivity contribution in [2.24, 2.45) is 11.1 Å². The van der Waals surface area contributed by atoms with Crippen LogP contribution in [0, 0.1) is 22.9 Å². The summed E-state index contributed by atoms with van der Waals surface area (Å²) in [6, 6.07) is 0.740. The van der Waals surface area contributed by atoms with Crippen LogP contribution in [0.5, 0.6) is 0 Å². The zero-order chi connectivity index (χ0) is 12.5. The van der Waals surface area contributed by atoms with Crippen molar-refractivity contribution in [3.8, 4) is 0 Å². The molecule has 0 saturated heterocycles. The van der Waals surface area contributed by atoms with Gasteiger partial charge >= 0.3 is 0 Å². The van der Waals surface area contributed by atoms with Crippen LogP contribution in [0.2, 0.25) is 0 Å². The van der Waals surface area contributed by atoms with Crippen LogP contribution in [-0.2, 0) is 0 Å². The lowest BCUT2D eigenvalue weighted by Gasteiger charge is -2.23. The van der Waals surface area contributed by atoms with Crippen molar-refractivity contribution in [3.63, 3.8) is 0 Å². The molecule has 0 heterocycles. The smallest absolute Gasteiger partial charge is 0.161 e. The Hall–Kier alpha value is -1.03. The molecule has 0 bridgehead atoms. The summed E-state index contributed by atoms with van der Waals surface area (Å²) in [6.07, 6.45) is 0.495. The first-order chi connectivity index (χ1) is 7.20. The van der Waals surface area contributed by atoms with Gasteiger partial charge in [-0.1, -0.05) is 20.8 Å². The molecule has 1 unspecified atom stereocenters. The van der Waals surface area contributed by atoms with Gasteiger partial charge in [0, 0.05) is 17.7 Å². The standard InChI is InChI=1S/C12H16F3N/c1-12(2,3)6-11(16)7-4-9(14)10(15)5-8(7)13/h4-5,11H,6,16H2,1-3H3. The maximum Gasteiger partial charge on any atom is 0.161 e. The fourth-order valence-corrected chi connectivity index (χ4v) is 1.59. The lowest BCUT2D eigenvalue weighted by molar-refractivity contribution is 0.337. The van der Waals surface area contributed by atoms with E-state index in [1.807, 2.05) is 20.8 Å². The van der Waals surface area contributed by atoms with E-state index < -0.39 is 23.5 Å². The number of nitrogens with two attached hydrogens (primary N) is 1. The van der Waals surface area contributed by atoms with Crippen molar-refractivity contribution in [3.05, 3.63) is 35.1 Å². The van der Waals surface area contributed by atoms with Gasteiger partial charge < -0.3 is 5.73 Å². The third-order valence-electron chi connectivity index (χ3n) is 2.27. The van der Waals surface area contributed by atoms with E-state index in [9.17, 15) is 13.2 Å². The van der Waals surface area contributed by atoms with Gasteiger partial charge in [-0.3, -0.25) is 0 Å². The van der Waals surface area contributed by atoms with Crippen LogP contribution in [0.1, 0.15) is 38.8 Å². The third-order valence-corrected chi connectivity index (χ3v) is 2.27. The number of benzene rings is 1. The number of halogens is 3. The minimum atomic E-state index is -1.19. The average molecular weight is 231 g/mol. The summed E-state index contributed by atoms with van der Waals surface area (Å²) in [7, 11) is 0. The van der Waals surface area contributed by atoms with E-state index in [-0.39, 0.29) is 11.0 Å². The van der Waals surface area contributed by atoms with Crippen molar-refractivity contribution in [2.75, 3.05) is 0 Å². The minimum Gasteiger partial charge on any atom is -0.324 e. The van der Waals surface area contributed by atoms with E-state index in [1.54, 1.807) is 0 Å². The summed E-state index contributed by atoms with van der Waals surface area (Å²) in [4.78, 5) is 0. The maximum absolute atomic E-state index is 13.4. The second-order valence-electron chi connectivity index (χ2n) is 5.16. The highest BCUT2D eigenvalue weighted by atomic mass is 19.2. The first kappa shape index (κ1) is 13.0. The first-order valence-corrected chi connectivity index (χ1v) is 5.11. The Morgan fingerprint density at radius 2 is 1.56 bits per heavy atom. The van der Waals surface area contributed by atoms with Gasteiger partial charge in [0.15, 0.2) is 11.6 Å². The largest absolute Gasteiger partial charge is 0.324 e.